The van der Waals surface area contributed by atoms with Gasteiger partial charge in [0.1, 0.15) is 6.54 Å². The highest BCUT2D eigenvalue weighted by atomic mass is 16.2. The normalized spacial score (nSPS) is 17.4. The number of hydrogen-bond donors (Lipinski definition) is 0. The van der Waals surface area contributed by atoms with E-state index in [1.165, 1.54) is 23.9 Å². The smallest absolute Gasteiger partial charge is 0.331 e. The molecule has 8 nitrogen and oxygen atoms in total. The average Bonchev–Trinajstić information content (AvgIpc) is 3.17. The van der Waals surface area contributed by atoms with Crippen LogP contribution >= 0.6 is 0 Å². The average molecular weight is 331 g/mol. The Morgan fingerprint density at radius 3 is 2.88 bits per heavy atom. The van der Waals surface area contributed by atoms with Crippen molar-refractivity contribution in [2.75, 3.05) is 6.54 Å². The standard InChI is InChI=1S/C16H21N5O3/c1-12-8-17-20(9-12)10-13-4-3-6-21(13)15(23)11-19-7-5-14(22)18(2)16(19)24/h5,7-9,13H,3-4,6,10-11H2,1-2H3/t13-/m0/s1. The third-order valence-corrected chi connectivity index (χ3v) is 4.42. The lowest BCUT2D eigenvalue weighted by molar-refractivity contribution is -0.133. The van der Waals surface area contributed by atoms with Crippen LogP contribution in [0, 0.1) is 6.92 Å². The first-order valence-corrected chi connectivity index (χ1v) is 8.00. The third-order valence-electron chi connectivity index (χ3n) is 4.42. The van der Waals surface area contributed by atoms with Crippen molar-refractivity contribution >= 4 is 5.91 Å². The van der Waals surface area contributed by atoms with Gasteiger partial charge in [0.15, 0.2) is 0 Å². The Hall–Kier alpha value is -2.64. The molecule has 1 fully saturated rings. The summed E-state index contributed by atoms with van der Waals surface area (Å²) in [6, 6.07) is 1.38. The summed E-state index contributed by atoms with van der Waals surface area (Å²) >= 11 is 0. The van der Waals surface area contributed by atoms with Crippen molar-refractivity contribution in [1.82, 2.24) is 23.8 Å². The van der Waals surface area contributed by atoms with Gasteiger partial charge < -0.3 is 4.90 Å². The minimum absolute atomic E-state index is 0.0540. The topological polar surface area (TPSA) is 82.1 Å². The molecule has 0 radical (unpaired) electrons. The number of nitrogens with zero attached hydrogens (tertiary/aromatic N) is 5. The van der Waals surface area contributed by atoms with Crippen molar-refractivity contribution < 1.29 is 4.79 Å². The molecule has 1 atom stereocenters. The monoisotopic (exact) mass is 331 g/mol. The zero-order valence-corrected chi connectivity index (χ0v) is 13.9. The molecule has 0 aromatic carbocycles. The number of carbonyl (C=O) groups excluding carboxylic acids is 1. The summed E-state index contributed by atoms with van der Waals surface area (Å²) in [6.07, 6.45) is 7.00. The molecule has 1 aliphatic rings. The molecule has 8 heteroatoms. The molecular weight excluding hydrogens is 310 g/mol. The molecule has 0 saturated carbocycles. The van der Waals surface area contributed by atoms with E-state index < -0.39 is 5.69 Å². The Balaban J connectivity index is 1.73. The van der Waals surface area contributed by atoms with E-state index in [0.29, 0.717) is 13.1 Å². The van der Waals surface area contributed by atoms with Gasteiger partial charge in [-0.2, -0.15) is 5.10 Å². The van der Waals surface area contributed by atoms with Crippen LogP contribution in [0.5, 0.6) is 0 Å². The summed E-state index contributed by atoms with van der Waals surface area (Å²) in [7, 11) is 1.41. The molecule has 3 rings (SSSR count). The molecule has 128 valence electrons. The molecule has 0 aliphatic carbocycles. The van der Waals surface area contributed by atoms with Crippen LogP contribution in [0.2, 0.25) is 0 Å². The molecule has 0 unspecified atom stereocenters. The van der Waals surface area contributed by atoms with E-state index in [2.05, 4.69) is 5.10 Å². The minimum Gasteiger partial charge on any atom is -0.336 e. The maximum absolute atomic E-state index is 12.6. The third kappa shape index (κ3) is 3.17. The Morgan fingerprint density at radius 2 is 2.17 bits per heavy atom. The summed E-state index contributed by atoms with van der Waals surface area (Å²) in [5.41, 5.74) is 0.230. The largest absolute Gasteiger partial charge is 0.336 e. The molecule has 1 aliphatic heterocycles. The molecule has 0 spiro atoms. The number of aryl methyl sites for hydroxylation is 1. The highest BCUT2D eigenvalue weighted by molar-refractivity contribution is 5.76. The van der Waals surface area contributed by atoms with Crippen molar-refractivity contribution in [1.29, 1.82) is 0 Å². The summed E-state index contributed by atoms with van der Waals surface area (Å²) in [4.78, 5) is 37.9. The van der Waals surface area contributed by atoms with Gasteiger partial charge in [-0.05, 0) is 25.3 Å². The number of hydrogen-bond acceptors (Lipinski definition) is 4. The molecule has 2 aromatic rings. The predicted molar refractivity (Wildman–Crippen MR) is 87.6 cm³/mol. The van der Waals surface area contributed by atoms with E-state index in [1.807, 2.05) is 22.7 Å². The fourth-order valence-corrected chi connectivity index (χ4v) is 3.11. The van der Waals surface area contributed by atoms with Gasteiger partial charge in [0.05, 0.1) is 18.8 Å². The SMILES string of the molecule is Cc1cnn(C[C@@H]2CCCN2C(=O)Cn2ccc(=O)n(C)c2=O)c1. The molecule has 24 heavy (non-hydrogen) atoms. The molecule has 1 amide bonds. The van der Waals surface area contributed by atoms with Gasteiger partial charge in [-0.15, -0.1) is 0 Å². The maximum Gasteiger partial charge on any atom is 0.331 e. The van der Waals surface area contributed by atoms with E-state index in [0.717, 1.165) is 23.0 Å². The summed E-state index contributed by atoms with van der Waals surface area (Å²) in [5.74, 6) is -0.109. The zero-order valence-electron chi connectivity index (χ0n) is 13.9. The zero-order chi connectivity index (χ0) is 17.3. The van der Waals surface area contributed by atoms with Crippen molar-refractivity contribution in [2.45, 2.75) is 38.9 Å². The van der Waals surface area contributed by atoms with Crippen molar-refractivity contribution in [3.05, 3.63) is 51.1 Å². The van der Waals surface area contributed by atoms with Gasteiger partial charge in [-0.1, -0.05) is 0 Å². The first-order valence-electron chi connectivity index (χ1n) is 8.00. The Morgan fingerprint density at radius 1 is 1.38 bits per heavy atom. The van der Waals surface area contributed by atoms with E-state index in [-0.39, 0.29) is 24.1 Å². The van der Waals surface area contributed by atoms with Gasteiger partial charge in [0.2, 0.25) is 5.91 Å². The van der Waals surface area contributed by atoms with Crippen molar-refractivity contribution in [3.63, 3.8) is 0 Å². The fraction of sp³-hybridized carbons (Fsp3) is 0.500. The van der Waals surface area contributed by atoms with Crippen LogP contribution in [-0.2, 0) is 24.9 Å². The number of aromatic nitrogens is 4. The van der Waals surface area contributed by atoms with Crippen LogP contribution in [0.15, 0.2) is 34.2 Å². The second kappa shape index (κ2) is 6.46. The Kier molecular flexibility index (Phi) is 4.37. The Bertz CT molecular complexity index is 863. The lowest BCUT2D eigenvalue weighted by Crippen LogP contribution is -2.44. The molecular formula is C16H21N5O3. The lowest BCUT2D eigenvalue weighted by Gasteiger charge is -2.25. The van der Waals surface area contributed by atoms with E-state index >= 15 is 0 Å². The van der Waals surface area contributed by atoms with Crippen molar-refractivity contribution in [2.24, 2.45) is 7.05 Å². The molecule has 2 aromatic heterocycles. The number of rotatable bonds is 4. The molecule has 0 bridgehead atoms. The Labute approximate surface area is 138 Å². The van der Waals surface area contributed by atoms with Crippen molar-refractivity contribution in [3.8, 4) is 0 Å². The van der Waals surface area contributed by atoms with Crippen LogP contribution in [-0.4, -0.2) is 42.3 Å². The fourth-order valence-electron chi connectivity index (χ4n) is 3.11. The van der Waals surface area contributed by atoms with Crippen LogP contribution < -0.4 is 11.2 Å². The molecule has 1 saturated heterocycles. The molecule has 3 heterocycles. The maximum atomic E-state index is 12.6. The number of amides is 1. The highest BCUT2D eigenvalue weighted by Crippen LogP contribution is 2.19. The summed E-state index contributed by atoms with van der Waals surface area (Å²) in [5, 5.41) is 4.28. The van der Waals surface area contributed by atoms with Crippen LogP contribution in [0.25, 0.3) is 0 Å². The highest BCUT2D eigenvalue weighted by Gasteiger charge is 2.29. The summed E-state index contributed by atoms with van der Waals surface area (Å²) < 4.78 is 4.13. The van der Waals surface area contributed by atoms with Crippen LogP contribution in [0.3, 0.4) is 0 Å². The van der Waals surface area contributed by atoms with Gasteiger partial charge in [-0.25, -0.2) is 4.79 Å². The van der Waals surface area contributed by atoms with Gasteiger partial charge in [-0.3, -0.25) is 23.4 Å². The first kappa shape index (κ1) is 16.2. The van der Waals surface area contributed by atoms with Gasteiger partial charge in [0, 0.05) is 32.1 Å². The lowest BCUT2D eigenvalue weighted by atomic mass is 10.2. The van der Waals surface area contributed by atoms with Crippen LogP contribution in [0.1, 0.15) is 18.4 Å². The predicted octanol–water partition coefficient (Wildman–Crippen LogP) is -0.257. The van der Waals surface area contributed by atoms with Gasteiger partial charge >= 0.3 is 5.69 Å². The second-order valence-electron chi connectivity index (χ2n) is 6.25. The minimum atomic E-state index is -0.478. The second-order valence-corrected chi connectivity index (χ2v) is 6.25. The number of likely N-dealkylation sites (tertiary alicyclic amines) is 1. The van der Waals surface area contributed by atoms with E-state index in [4.69, 9.17) is 0 Å². The first-order chi connectivity index (χ1) is 11.5. The van der Waals surface area contributed by atoms with Gasteiger partial charge in [0.25, 0.3) is 5.56 Å². The van der Waals surface area contributed by atoms with Crippen LogP contribution in [0.4, 0.5) is 0 Å². The van der Waals surface area contributed by atoms with E-state index in [1.54, 1.807) is 6.20 Å². The number of carbonyl (C=O) groups is 1. The van der Waals surface area contributed by atoms with E-state index in [9.17, 15) is 14.4 Å². The summed E-state index contributed by atoms with van der Waals surface area (Å²) in [6.45, 7) is 3.26. The quantitative estimate of drug-likeness (QED) is 0.773. The molecule has 0 N–H and O–H groups in total.